The van der Waals surface area contributed by atoms with E-state index in [9.17, 15) is 0 Å². The van der Waals surface area contributed by atoms with Crippen molar-refractivity contribution in [1.29, 1.82) is 0 Å². The fourth-order valence-electron chi connectivity index (χ4n) is 2.87. The number of nitrogens with zero attached hydrogens (tertiary/aromatic N) is 4. The van der Waals surface area contributed by atoms with Crippen LogP contribution in [0.5, 0.6) is 0 Å². The molecule has 1 aromatic heterocycles. The summed E-state index contributed by atoms with van der Waals surface area (Å²) in [6, 6.07) is 14.7. The molecule has 0 saturated carbocycles. The van der Waals surface area contributed by atoms with Crippen molar-refractivity contribution < 1.29 is 0 Å². The van der Waals surface area contributed by atoms with Crippen molar-refractivity contribution in [1.82, 2.24) is 20.2 Å². The predicted molar refractivity (Wildman–Crippen MR) is 81.9 cm³/mol. The number of hydrogen-bond acceptors (Lipinski definition) is 3. The van der Waals surface area contributed by atoms with E-state index in [4.69, 9.17) is 0 Å². The summed E-state index contributed by atoms with van der Waals surface area (Å²) in [6.07, 6.45) is 4.72. The van der Waals surface area contributed by atoms with Gasteiger partial charge in [0.2, 0.25) is 0 Å². The largest absolute Gasteiger partial charge is 0.162 e. The number of aromatic nitrogens is 4. The second-order valence-corrected chi connectivity index (χ2v) is 5.32. The van der Waals surface area contributed by atoms with Crippen LogP contribution in [0.1, 0.15) is 18.1 Å². The Kier molecular flexibility index (Phi) is 2.67. The van der Waals surface area contributed by atoms with Crippen LogP contribution in [0.3, 0.4) is 0 Å². The first kappa shape index (κ1) is 12.0. The molecular weight excluding hydrogens is 260 g/mol. The number of allylic oxidation sites excluding steroid dienone is 1. The number of hydrogen-bond donors (Lipinski definition) is 0. The molecule has 102 valence electrons. The first-order valence-corrected chi connectivity index (χ1v) is 6.94. The van der Waals surface area contributed by atoms with E-state index in [1.807, 2.05) is 6.07 Å². The van der Waals surface area contributed by atoms with Gasteiger partial charge >= 0.3 is 0 Å². The topological polar surface area (TPSA) is 43.6 Å². The van der Waals surface area contributed by atoms with Gasteiger partial charge in [0.15, 0.2) is 6.33 Å². The second-order valence-electron chi connectivity index (χ2n) is 5.32. The van der Waals surface area contributed by atoms with Gasteiger partial charge in [0.1, 0.15) is 0 Å². The maximum absolute atomic E-state index is 4.14. The van der Waals surface area contributed by atoms with Crippen molar-refractivity contribution in [3.8, 4) is 16.8 Å². The van der Waals surface area contributed by atoms with Gasteiger partial charge in [-0.15, -0.1) is 15.0 Å². The molecule has 1 heterocycles. The number of fused-ring (bicyclic) bond motifs is 1. The lowest BCUT2D eigenvalue weighted by molar-refractivity contribution is 0.719. The number of rotatable bonds is 2. The summed E-state index contributed by atoms with van der Waals surface area (Å²) in [4.78, 5) is 1.57. The van der Waals surface area contributed by atoms with E-state index in [1.165, 1.54) is 34.2 Å². The molecule has 0 N–H and O–H groups in total. The van der Waals surface area contributed by atoms with Gasteiger partial charge in [-0.05, 0) is 52.9 Å². The Morgan fingerprint density at radius 3 is 2.71 bits per heavy atom. The van der Waals surface area contributed by atoms with E-state index >= 15 is 0 Å². The van der Waals surface area contributed by atoms with Crippen molar-refractivity contribution in [2.24, 2.45) is 0 Å². The Labute approximate surface area is 122 Å². The van der Waals surface area contributed by atoms with E-state index in [1.54, 1.807) is 4.80 Å². The fraction of sp³-hybridized carbons (Fsp3) is 0.118. The molecule has 0 spiro atoms. The van der Waals surface area contributed by atoms with Gasteiger partial charge in [-0.3, -0.25) is 0 Å². The highest BCUT2D eigenvalue weighted by atomic mass is 15.6. The number of benzene rings is 2. The summed E-state index contributed by atoms with van der Waals surface area (Å²) in [5, 5.41) is 11.9. The molecule has 3 aromatic rings. The van der Waals surface area contributed by atoms with E-state index in [0.717, 1.165) is 12.1 Å². The summed E-state index contributed by atoms with van der Waals surface area (Å²) in [5.74, 6) is 0. The normalized spacial score (nSPS) is 13.1. The minimum Gasteiger partial charge on any atom is -0.135 e. The molecular formula is C17H14N4. The van der Waals surface area contributed by atoms with Gasteiger partial charge in [0.05, 0.1) is 5.69 Å². The summed E-state index contributed by atoms with van der Waals surface area (Å²) in [6.45, 7) is 2.17. The lowest BCUT2D eigenvalue weighted by Gasteiger charge is -2.11. The maximum Gasteiger partial charge on any atom is 0.162 e. The molecule has 0 aliphatic heterocycles. The molecule has 0 radical (unpaired) electrons. The first-order chi connectivity index (χ1) is 10.3. The summed E-state index contributed by atoms with van der Waals surface area (Å²) in [7, 11) is 0. The predicted octanol–water partition coefficient (Wildman–Crippen LogP) is 3.29. The first-order valence-electron chi connectivity index (χ1n) is 6.94. The van der Waals surface area contributed by atoms with Crippen molar-refractivity contribution in [3.63, 3.8) is 0 Å². The molecule has 0 unspecified atom stereocenters. The molecule has 21 heavy (non-hydrogen) atoms. The van der Waals surface area contributed by atoms with Crippen LogP contribution in [0, 0.1) is 0 Å². The smallest absolute Gasteiger partial charge is 0.135 e. The zero-order valence-electron chi connectivity index (χ0n) is 11.7. The monoisotopic (exact) mass is 274 g/mol. The van der Waals surface area contributed by atoms with E-state index in [2.05, 4.69) is 64.8 Å². The molecule has 1 aliphatic carbocycles. The van der Waals surface area contributed by atoms with Crippen LogP contribution in [-0.4, -0.2) is 20.2 Å². The van der Waals surface area contributed by atoms with Gasteiger partial charge in [-0.25, -0.2) is 0 Å². The fourth-order valence-corrected chi connectivity index (χ4v) is 2.87. The van der Waals surface area contributed by atoms with E-state index < -0.39 is 0 Å². The highest BCUT2D eigenvalue weighted by Gasteiger charge is 2.17. The Morgan fingerprint density at radius 2 is 1.95 bits per heavy atom. The Hall–Kier alpha value is -2.75. The van der Waals surface area contributed by atoms with Crippen molar-refractivity contribution in [2.75, 3.05) is 0 Å². The quantitative estimate of drug-likeness (QED) is 0.720. The van der Waals surface area contributed by atoms with Gasteiger partial charge in [-0.1, -0.05) is 42.0 Å². The Balaban J connectivity index is 1.96. The second kappa shape index (κ2) is 4.66. The van der Waals surface area contributed by atoms with Crippen LogP contribution < -0.4 is 0 Å². The molecule has 2 aromatic carbocycles. The van der Waals surface area contributed by atoms with Crippen LogP contribution in [0.2, 0.25) is 0 Å². The minimum absolute atomic E-state index is 0.952. The van der Waals surface area contributed by atoms with Crippen LogP contribution in [0.15, 0.2) is 54.4 Å². The average molecular weight is 274 g/mol. The SMILES string of the molecule is CC1=Cc2c(cc(-n3ncnn3)cc2-c2ccccc2)C1. The molecule has 0 bridgehead atoms. The van der Waals surface area contributed by atoms with Crippen molar-refractivity contribution in [3.05, 3.63) is 65.5 Å². The highest BCUT2D eigenvalue weighted by molar-refractivity contribution is 5.82. The van der Waals surface area contributed by atoms with Crippen LogP contribution in [0.4, 0.5) is 0 Å². The Bertz CT molecular complexity index is 818. The Morgan fingerprint density at radius 1 is 1.10 bits per heavy atom. The highest BCUT2D eigenvalue weighted by Crippen LogP contribution is 2.35. The van der Waals surface area contributed by atoms with Gasteiger partial charge < -0.3 is 0 Å². The lowest BCUT2D eigenvalue weighted by Crippen LogP contribution is -2.01. The number of tetrazole rings is 1. The molecule has 4 heteroatoms. The zero-order chi connectivity index (χ0) is 14.2. The van der Waals surface area contributed by atoms with E-state index in [-0.39, 0.29) is 0 Å². The molecule has 0 saturated heterocycles. The molecule has 0 atom stereocenters. The van der Waals surface area contributed by atoms with Crippen molar-refractivity contribution >= 4 is 6.08 Å². The summed E-state index contributed by atoms with van der Waals surface area (Å²) < 4.78 is 0. The minimum atomic E-state index is 0.952. The third-order valence-electron chi connectivity index (χ3n) is 3.78. The van der Waals surface area contributed by atoms with Crippen molar-refractivity contribution in [2.45, 2.75) is 13.3 Å². The lowest BCUT2D eigenvalue weighted by atomic mass is 9.96. The molecule has 0 fully saturated rings. The third kappa shape index (κ3) is 2.05. The van der Waals surface area contributed by atoms with E-state index in [0.29, 0.717) is 0 Å². The third-order valence-corrected chi connectivity index (χ3v) is 3.78. The molecule has 1 aliphatic rings. The average Bonchev–Trinajstić information content (AvgIpc) is 3.15. The standard InChI is InChI=1S/C17H14N4/c1-12-7-14-9-15(21-19-11-18-20-21)10-17(16(14)8-12)13-5-3-2-4-6-13/h2-6,8-11H,7H2,1H3. The molecule has 4 rings (SSSR count). The van der Waals surface area contributed by atoms with Crippen LogP contribution in [-0.2, 0) is 6.42 Å². The maximum atomic E-state index is 4.14. The van der Waals surface area contributed by atoms with Crippen LogP contribution in [0.25, 0.3) is 22.9 Å². The molecule has 4 nitrogen and oxygen atoms in total. The summed E-state index contributed by atoms with van der Waals surface area (Å²) >= 11 is 0. The van der Waals surface area contributed by atoms with Gasteiger partial charge in [-0.2, -0.15) is 0 Å². The summed E-state index contributed by atoms with van der Waals surface area (Å²) in [5.41, 5.74) is 7.39. The van der Waals surface area contributed by atoms with Gasteiger partial charge in [0.25, 0.3) is 0 Å². The van der Waals surface area contributed by atoms with Crippen LogP contribution >= 0.6 is 0 Å². The zero-order valence-corrected chi connectivity index (χ0v) is 11.7. The molecule has 0 amide bonds. The van der Waals surface area contributed by atoms with Gasteiger partial charge in [0, 0.05) is 0 Å².